The van der Waals surface area contributed by atoms with Crippen molar-refractivity contribution in [1.82, 2.24) is 9.97 Å². The first-order valence-electron chi connectivity index (χ1n) is 9.29. The van der Waals surface area contributed by atoms with Crippen LogP contribution < -0.4 is 15.8 Å². The molecule has 2 aliphatic carbocycles. The molecule has 0 aliphatic heterocycles. The molecule has 2 unspecified atom stereocenters. The van der Waals surface area contributed by atoms with Gasteiger partial charge in [-0.2, -0.15) is 0 Å². The fourth-order valence-electron chi connectivity index (χ4n) is 4.34. The van der Waals surface area contributed by atoms with Crippen LogP contribution in [0.1, 0.15) is 32.1 Å². The number of nitrogens with zero attached hydrogens (tertiary/aromatic N) is 2. The van der Waals surface area contributed by atoms with E-state index < -0.39 is 0 Å². The molecule has 1 aromatic carbocycles. The molecule has 6 nitrogen and oxygen atoms in total. The number of anilines is 1. The number of nitrogens with one attached hydrogen (secondary N) is 1. The number of carbonyl (C=O) groups excluding carboxylic acids is 1. The third-order valence-electron chi connectivity index (χ3n) is 5.65. The Bertz CT molecular complexity index is 753. The van der Waals surface area contributed by atoms with Crippen molar-refractivity contribution >= 4 is 11.6 Å². The fraction of sp³-hybridized carbons (Fsp3) is 0.450. The van der Waals surface area contributed by atoms with Gasteiger partial charge in [0.25, 0.3) is 0 Å². The molecule has 2 saturated carbocycles. The van der Waals surface area contributed by atoms with Gasteiger partial charge in [-0.25, -0.2) is 4.98 Å². The second-order valence-electron chi connectivity index (χ2n) is 7.36. The van der Waals surface area contributed by atoms with Crippen molar-refractivity contribution in [3.63, 3.8) is 0 Å². The molecule has 2 aliphatic rings. The van der Waals surface area contributed by atoms with Gasteiger partial charge in [0.1, 0.15) is 5.75 Å². The molecule has 4 rings (SSSR count). The summed E-state index contributed by atoms with van der Waals surface area (Å²) in [4.78, 5) is 20.8. The van der Waals surface area contributed by atoms with Crippen LogP contribution in [0, 0.1) is 17.8 Å². The average molecular weight is 352 g/mol. The Labute approximate surface area is 153 Å². The Balaban J connectivity index is 1.41. The van der Waals surface area contributed by atoms with Gasteiger partial charge in [0, 0.05) is 36.1 Å². The summed E-state index contributed by atoms with van der Waals surface area (Å²) in [5, 5.41) is 3.05. The monoisotopic (exact) mass is 352 g/mol. The Morgan fingerprint density at radius 1 is 1.19 bits per heavy atom. The van der Waals surface area contributed by atoms with Crippen LogP contribution in [0.2, 0.25) is 0 Å². The van der Waals surface area contributed by atoms with Crippen molar-refractivity contribution < 1.29 is 9.53 Å². The third-order valence-corrected chi connectivity index (χ3v) is 5.65. The van der Waals surface area contributed by atoms with E-state index in [-0.39, 0.29) is 17.9 Å². The minimum absolute atomic E-state index is 0.0506. The van der Waals surface area contributed by atoms with E-state index in [1.165, 1.54) is 6.42 Å². The number of hydrogen-bond donors (Lipinski definition) is 2. The molecule has 2 aromatic rings. The maximum atomic E-state index is 12.8. The number of hydrogen-bond acceptors (Lipinski definition) is 5. The van der Waals surface area contributed by atoms with Gasteiger partial charge in [0.05, 0.1) is 6.20 Å². The van der Waals surface area contributed by atoms with Crippen LogP contribution in [-0.4, -0.2) is 21.9 Å². The molecule has 1 heterocycles. The first kappa shape index (κ1) is 17.0. The standard InChI is InChI=1S/C20H24N4O2/c21-19-13-3-1-4-14(19)10-15(9-13)20(25)24-16-5-2-6-17(11-16)26-18-12-22-7-8-23-18/h2,5-8,11-15,19H,1,3-4,9-10,21H2,(H,24,25). The van der Waals surface area contributed by atoms with E-state index in [1.54, 1.807) is 18.6 Å². The van der Waals surface area contributed by atoms with Gasteiger partial charge < -0.3 is 15.8 Å². The molecular formula is C20H24N4O2. The van der Waals surface area contributed by atoms with Gasteiger partial charge in [-0.3, -0.25) is 9.78 Å². The SMILES string of the molecule is NC1C2CCCC1CC(C(=O)Nc1cccc(Oc3cnccn3)c1)C2. The van der Waals surface area contributed by atoms with Gasteiger partial charge in [-0.15, -0.1) is 0 Å². The lowest BCUT2D eigenvalue weighted by Gasteiger charge is -2.43. The van der Waals surface area contributed by atoms with Crippen LogP contribution in [0.5, 0.6) is 11.6 Å². The molecule has 136 valence electrons. The minimum atomic E-state index is 0.0506. The van der Waals surface area contributed by atoms with Gasteiger partial charge in [-0.05, 0) is 49.7 Å². The second kappa shape index (κ2) is 7.41. The summed E-state index contributed by atoms with van der Waals surface area (Å²) < 4.78 is 5.68. The van der Waals surface area contributed by atoms with Crippen molar-refractivity contribution in [2.24, 2.45) is 23.5 Å². The minimum Gasteiger partial charge on any atom is -0.437 e. The number of fused-ring (bicyclic) bond motifs is 2. The van der Waals surface area contributed by atoms with Crippen molar-refractivity contribution in [2.75, 3.05) is 5.32 Å². The first-order chi connectivity index (χ1) is 12.7. The molecule has 0 saturated heterocycles. The highest BCUT2D eigenvalue weighted by atomic mass is 16.5. The Morgan fingerprint density at radius 2 is 2.00 bits per heavy atom. The zero-order chi connectivity index (χ0) is 17.9. The van der Waals surface area contributed by atoms with E-state index in [1.807, 2.05) is 24.3 Å². The van der Waals surface area contributed by atoms with E-state index in [9.17, 15) is 4.79 Å². The number of benzene rings is 1. The quantitative estimate of drug-likeness (QED) is 0.880. The maximum Gasteiger partial charge on any atom is 0.237 e. The lowest BCUT2D eigenvalue weighted by Crippen LogP contribution is -2.48. The predicted octanol–water partition coefficient (Wildman–Crippen LogP) is 3.36. The first-order valence-corrected chi connectivity index (χ1v) is 9.29. The van der Waals surface area contributed by atoms with Gasteiger partial charge >= 0.3 is 0 Å². The van der Waals surface area contributed by atoms with Gasteiger partial charge in [0.15, 0.2) is 0 Å². The van der Waals surface area contributed by atoms with Crippen molar-refractivity contribution in [2.45, 2.75) is 38.1 Å². The number of aromatic nitrogens is 2. The van der Waals surface area contributed by atoms with E-state index in [0.717, 1.165) is 31.4 Å². The third kappa shape index (κ3) is 3.70. The number of amides is 1. The Hall–Kier alpha value is -2.47. The molecule has 1 aromatic heterocycles. The smallest absolute Gasteiger partial charge is 0.237 e. The van der Waals surface area contributed by atoms with E-state index in [0.29, 0.717) is 23.5 Å². The van der Waals surface area contributed by atoms with Crippen LogP contribution >= 0.6 is 0 Å². The topological polar surface area (TPSA) is 90.1 Å². The fourth-order valence-corrected chi connectivity index (χ4v) is 4.34. The van der Waals surface area contributed by atoms with Gasteiger partial charge in [0.2, 0.25) is 11.8 Å². The van der Waals surface area contributed by atoms with Gasteiger partial charge in [-0.1, -0.05) is 12.5 Å². The zero-order valence-corrected chi connectivity index (χ0v) is 14.7. The van der Waals surface area contributed by atoms with Crippen molar-refractivity contribution in [3.05, 3.63) is 42.9 Å². The number of ether oxygens (including phenoxy) is 1. The van der Waals surface area contributed by atoms with Crippen LogP contribution in [0.3, 0.4) is 0 Å². The van der Waals surface area contributed by atoms with Crippen LogP contribution in [0.25, 0.3) is 0 Å². The summed E-state index contributed by atoms with van der Waals surface area (Å²) in [6.45, 7) is 0. The Morgan fingerprint density at radius 3 is 2.73 bits per heavy atom. The molecule has 0 radical (unpaired) electrons. The highest BCUT2D eigenvalue weighted by Crippen LogP contribution is 2.42. The summed E-state index contributed by atoms with van der Waals surface area (Å²) in [5.74, 6) is 2.16. The van der Waals surface area contributed by atoms with Crippen LogP contribution in [0.15, 0.2) is 42.9 Å². The zero-order valence-electron chi connectivity index (χ0n) is 14.7. The number of carbonyl (C=O) groups is 1. The molecule has 3 N–H and O–H groups in total. The molecule has 0 spiro atoms. The largest absolute Gasteiger partial charge is 0.437 e. The summed E-state index contributed by atoms with van der Waals surface area (Å²) in [7, 11) is 0. The molecule has 1 amide bonds. The summed E-state index contributed by atoms with van der Waals surface area (Å²) in [6.07, 6.45) is 10.1. The summed E-state index contributed by atoms with van der Waals surface area (Å²) in [6, 6.07) is 7.64. The lowest BCUT2D eigenvalue weighted by molar-refractivity contribution is -0.122. The van der Waals surface area contributed by atoms with Crippen LogP contribution in [-0.2, 0) is 4.79 Å². The molecule has 2 fully saturated rings. The maximum absolute atomic E-state index is 12.8. The van der Waals surface area contributed by atoms with Crippen molar-refractivity contribution in [3.8, 4) is 11.6 Å². The normalized spacial score (nSPS) is 27.6. The molecule has 26 heavy (non-hydrogen) atoms. The second-order valence-corrected chi connectivity index (χ2v) is 7.36. The highest BCUT2D eigenvalue weighted by Gasteiger charge is 2.40. The summed E-state index contributed by atoms with van der Waals surface area (Å²) in [5.41, 5.74) is 7.07. The van der Waals surface area contributed by atoms with E-state index in [4.69, 9.17) is 10.5 Å². The number of nitrogens with two attached hydrogens (primary N) is 1. The lowest BCUT2D eigenvalue weighted by atomic mass is 9.65. The average Bonchev–Trinajstić information content (AvgIpc) is 2.62. The highest BCUT2D eigenvalue weighted by molar-refractivity contribution is 5.92. The van der Waals surface area contributed by atoms with E-state index >= 15 is 0 Å². The molecular weight excluding hydrogens is 328 g/mol. The molecule has 2 bridgehead atoms. The van der Waals surface area contributed by atoms with Crippen LogP contribution in [0.4, 0.5) is 5.69 Å². The number of rotatable bonds is 4. The summed E-state index contributed by atoms with van der Waals surface area (Å²) >= 11 is 0. The molecule has 2 atom stereocenters. The van der Waals surface area contributed by atoms with E-state index in [2.05, 4.69) is 15.3 Å². The molecule has 6 heteroatoms. The van der Waals surface area contributed by atoms with Crippen molar-refractivity contribution in [1.29, 1.82) is 0 Å². The Kier molecular flexibility index (Phi) is 4.84. The predicted molar refractivity (Wildman–Crippen MR) is 98.7 cm³/mol.